The quantitative estimate of drug-likeness (QED) is 0.181. The summed E-state index contributed by atoms with van der Waals surface area (Å²) in [5, 5.41) is 4.62. The number of hydrogen-bond donors (Lipinski definition) is 0. The Morgan fingerprint density at radius 1 is 0.426 bits per heavy atom. The zero-order chi connectivity index (χ0) is 35.6. The SMILES string of the molecule is c1ccc(-c2cc(-c3cc4c(c5c3oc3ccccc35)-c3c(ccc5ccccc35)C4(c3ccccc3)c3ccccc3)nc(-c3ccccc3)n2)cc1. The van der Waals surface area contributed by atoms with Gasteiger partial charge in [0, 0.05) is 27.5 Å². The molecule has 3 nitrogen and oxygen atoms in total. The van der Waals surface area contributed by atoms with E-state index in [1.165, 1.54) is 44.2 Å². The van der Waals surface area contributed by atoms with Gasteiger partial charge in [-0.3, -0.25) is 0 Å². The molecule has 11 rings (SSSR count). The van der Waals surface area contributed by atoms with Crippen LogP contribution in [0.2, 0.25) is 0 Å². The maximum atomic E-state index is 7.00. The van der Waals surface area contributed by atoms with Crippen LogP contribution < -0.4 is 0 Å². The van der Waals surface area contributed by atoms with Gasteiger partial charge in [0.25, 0.3) is 0 Å². The summed E-state index contributed by atoms with van der Waals surface area (Å²) >= 11 is 0. The number of aromatic nitrogens is 2. The second kappa shape index (κ2) is 12.0. The maximum absolute atomic E-state index is 7.00. The highest BCUT2D eigenvalue weighted by Crippen LogP contribution is 2.61. The molecule has 252 valence electrons. The van der Waals surface area contributed by atoms with Gasteiger partial charge in [0.2, 0.25) is 0 Å². The van der Waals surface area contributed by atoms with Crippen molar-refractivity contribution in [1.82, 2.24) is 9.97 Å². The second-order valence-electron chi connectivity index (χ2n) is 14.0. The molecule has 1 aliphatic rings. The van der Waals surface area contributed by atoms with E-state index >= 15 is 0 Å². The molecule has 54 heavy (non-hydrogen) atoms. The van der Waals surface area contributed by atoms with Crippen LogP contribution in [0.15, 0.2) is 199 Å². The van der Waals surface area contributed by atoms with Crippen molar-refractivity contribution in [3.05, 3.63) is 216 Å². The molecule has 3 heteroatoms. The Hall–Kier alpha value is -7.10. The van der Waals surface area contributed by atoms with Gasteiger partial charge in [-0.15, -0.1) is 0 Å². The van der Waals surface area contributed by atoms with Crippen LogP contribution in [-0.4, -0.2) is 9.97 Å². The minimum absolute atomic E-state index is 0.629. The molecule has 0 atom stereocenters. The Labute approximate surface area is 312 Å². The molecule has 0 amide bonds. The average molecular weight is 689 g/mol. The summed E-state index contributed by atoms with van der Waals surface area (Å²) in [7, 11) is 0. The molecule has 10 aromatic rings. The van der Waals surface area contributed by atoms with E-state index in [1.54, 1.807) is 0 Å². The van der Waals surface area contributed by atoms with Gasteiger partial charge in [0.05, 0.1) is 16.8 Å². The molecular weight excluding hydrogens is 657 g/mol. The fourth-order valence-corrected chi connectivity index (χ4v) is 8.87. The Balaban J connectivity index is 1.35. The molecule has 2 heterocycles. The standard InChI is InChI=1S/C51H32N2O/c1-5-18-34(19-6-1)43-32-44(53-50(52-43)35-20-7-2-8-21-35)40-31-42-48(47-39-27-15-16-28-45(39)54-49(40)47)46-38-26-14-13-17-33(38)29-30-41(46)51(42,36-22-9-3-10-23-36)37-24-11-4-12-25-37/h1-32H. The smallest absolute Gasteiger partial charge is 0.160 e. The van der Waals surface area contributed by atoms with Gasteiger partial charge in [-0.25, -0.2) is 9.97 Å². The fraction of sp³-hybridized carbons (Fsp3) is 0.0196. The van der Waals surface area contributed by atoms with E-state index in [4.69, 9.17) is 14.4 Å². The third-order valence-electron chi connectivity index (χ3n) is 11.2. The lowest BCUT2D eigenvalue weighted by atomic mass is 9.67. The molecule has 1 aliphatic carbocycles. The minimum Gasteiger partial charge on any atom is -0.455 e. The van der Waals surface area contributed by atoms with Gasteiger partial charge >= 0.3 is 0 Å². The predicted octanol–water partition coefficient (Wildman–Crippen LogP) is 12.9. The van der Waals surface area contributed by atoms with Crippen molar-refractivity contribution >= 4 is 32.7 Å². The van der Waals surface area contributed by atoms with Crippen LogP contribution in [-0.2, 0) is 5.41 Å². The van der Waals surface area contributed by atoms with E-state index in [9.17, 15) is 0 Å². The van der Waals surface area contributed by atoms with Gasteiger partial charge in [-0.1, -0.05) is 176 Å². The highest BCUT2D eigenvalue weighted by Gasteiger charge is 2.48. The fourth-order valence-electron chi connectivity index (χ4n) is 8.87. The third-order valence-corrected chi connectivity index (χ3v) is 11.2. The van der Waals surface area contributed by atoms with Crippen LogP contribution in [0.1, 0.15) is 22.3 Å². The molecule has 8 aromatic carbocycles. The number of benzene rings is 8. The molecule has 0 N–H and O–H groups in total. The van der Waals surface area contributed by atoms with Gasteiger partial charge in [0.1, 0.15) is 11.2 Å². The van der Waals surface area contributed by atoms with Crippen molar-refractivity contribution in [2.45, 2.75) is 5.41 Å². The zero-order valence-electron chi connectivity index (χ0n) is 29.3. The summed E-state index contributed by atoms with van der Waals surface area (Å²) in [4.78, 5) is 10.5. The van der Waals surface area contributed by atoms with Gasteiger partial charge in [-0.2, -0.15) is 0 Å². The lowest BCUT2D eigenvalue weighted by Gasteiger charge is -2.34. The summed E-state index contributed by atoms with van der Waals surface area (Å²) in [6.07, 6.45) is 0. The lowest BCUT2D eigenvalue weighted by molar-refractivity contribution is 0.669. The van der Waals surface area contributed by atoms with Crippen LogP contribution in [0.5, 0.6) is 0 Å². The summed E-state index contributed by atoms with van der Waals surface area (Å²) in [5.41, 5.74) is 13.0. The van der Waals surface area contributed by atoms with E-state index in [-0.39, 0.29) is 0 Å². The molecule has 0 fully saturated rings. The maximum Gasteiger partial charge on any atom is 0.160 e. The molecule has 0 aliphatic heterocycles. The van der Waals surface area contributed by atoms with Crippen molar-refractivity contribution in [2.24, 2.45) is 0 Å². The van der Waals surface area contributed by atoms with Crippen molar-refractivity contribution in [3.63, 3.8) is 0 Å². The lowest BCUT2D eigenvalue weighted by Crippen LogP contribution is -2.28. The van der Waals surface area contributed by atoms with E-state index in [0.717, 1.165) is 50.0 Å². The van der Waals surface area contributed by atoms with Crippen molar-refractivity contribution in [1.29, 1.82) is 0 Å². The number of fused-ring (bicyclic) bond motifs is 9. The zero-order valence-corrected chi connectivity index (χ0v) is 29.3. The Kier molecular flexibility index (Phi) is 6.77. The number of rotatable bonds is 5. The number of nitrogens with zero attached hydrogens (tertiary/aromatic N) is 2. The Morgan fingerprint density at radius 2 is 1.00 bits per heavy atom. The van der Waals surface area contributed by atoms with Crippen LogP contribution in [0.4, 0.5) is 0 Å². The first-order chi connectivity index (χ1) is 26.8. The number of para-hydroxylation sites is 1. The van der Waals surface area contributed by atoms with E-state index in [1.807, 2.05) is 24.3 Å². The van der Waals surface area contributed by atoms with Crippen molar-refractivity contribution < 1.29 is 4.42 Å². The van der Waals surface area contributed by atoms with Crippen LogP contribution in [0.3, 0.4) is 0 Å². The van der Waals surface area contributed by atoms with Crippen molar-refractivity contribution in [2.75, 3.05) is 0 Å². The largest absolute Gasteiger partial charge is 0.455 e. The van der Waals surface area contributed by atoms with Gasteiger partial charge in [0.15, 0.2) is 5.82 Å². The molecule has 0 spiro atoms. The van der Waals surface area contributed by atoms with Crippen LogP contribution in [0, 0.1) is 0 Å². The highest BCUT2D eigenvalue weighted by molar-refractivity contribution is 6.22. The highest BCUT2D eigenvalue weighted by atomic mass is 16.3. The first-order valence-corrected chi connectivity index (χ1v) is 18.4. The number of hydrogen-bond acceptors (Lipinski definition) is 3. The normalized spacial score (nSPS) is 13.0. The molecule has 0 saturated carbocycles. The second-order valence-corrected chi connectivity index (χ2v) is 14.0. The molecule has 0 unspecified atom stereocenters. The first kappa shape index (κ1) is 30.5. The minimum atomic E-state index is -0.629. The van der Waals surface area contributed by atoms with E-state index in [0.29, 0.717) is 5.82 Å². The predicted molar refractivity (Wildman–Crippen MR) is 220 cm³/mol. The number of furan rings is 1. The van der Waals surface area contributed by atoms with Crippen LogP contribution in [0.25, 0.3) is 77.7 Å². The van der Waals surface area contributed by atoms with E-state index < -0.39 is 5.41 Å². The molecule has 0 bridgehead atoms. The molecule has 2 aromatic heterocycles. The average Bonchev–Trinajstić information content (AvgIpc) is 3.79. The summed E-state index contributed by atoms with van der Waals surface area (Å²) in [5.74, 6) is 0.670. The Bertz CT molecular complexity index is 2930. The van der Waals surface area contributed by atoms with E-state index in [2.05, 4.69) is 170 Å². The third kappa shape index (κ3) is 4.42. The molecule has 0 saturated heterocycles. The molecular formula is C51H32N2O. The summed E-state index contributed by atoms with van der Waals surface area (Å²) < 4.78 is 7.00. The topological polar surface area (TPSA) is 38.9 Å². The van der Waals surface area contributed by atoms with Gasteiger partial charge in [-0.05, 0) is 62.4 Å². The van der Waals surface area contributed by atoms with Crippen molar-refractivity contribution in [3.8, 4) is 45.0 Å². The van der Waals surface area contributed by atoms with Gasteiger partial charge < -0.3 is 4.42 Å². The summed E-state index contributed by atoms with van der Waals surface area (Å²) in [6.45, 7) is 0. The molecule has 0 radical (unpaired) electrons. The summed E-state index contributed by atoms with van der Waals surface area (Å²) in [6, 6.07) is 69.0. The van der Waals surface area contributed by atoms with Crippen LogP contribution >= 0.6 is 0 Å². The first-order valence-electron chi connectivity index (χ1n) is 18.4. The monoisotopic (exact) mass is 688 g/mol. The Morgan fingerprint density at radius 3 is 1.70 bits per heavy atom.